The standard InChI is InChI=1S/C27H24N4O6.C6H8O2/c28-18-3-4-19-20(15-18)31(26(33)14-17-2-6-22-24(12-17)37-10-8-35-22)30-27(19)29-25(32)13-16-1-5-21-23(11-16)36-9-7-34-21;1-5-6(2)8-4-3-7-5/h1-6,11-12,15H,7-10,13-14,28H2,(H,29,30,32);1-4H2. The van der Waals surface area contributed by atoms with Crippen LogP contribution in [0.3, 0.4) is 0 Å². The maximum atomic E-state index is 13.3. The van der Waals surface area contributed by atoms with Gasteiger partial charge >= 0.3 is 0 Å². The molecule has 4 aromatic rings. The van der Waals surface area contributed by atoms with Crippen LogP contribution in [-0.4, -0.2) is 61.2 Å². The van der Waals surface area contributed by atoms with Crippen LogP contribution in [-0.2, 0) is 27.1 Å². The second-order valence-electron chi connectivity index (χ2n) is 10.3. The van der Waals surface area contributed by atoms with Gasteiger partial charge < -0.3 is 39.5 Å². The molecule has 3 N–H and O–H groups in total. The number of nitrogens with zero attached hydrogens (tertiary/aromatic N) is 2. The summed E-state index contributed by atoms with van der Waals surface area (Å²) < 4.78 is 33.5. The Morgan fingerprint density at radius 3 is 1.82 bits per heavy atom. The smallest absolute Gasteiger partial charge is 0.251 e. The molecule has 45 heavy (non-hydrogen) atoms. The summed E-state index contributed by atoms with van der Waals surface area (Å²) in [7, 11) is 0. The van der Waals surface area contributed by atoms with Gasteiger partial charge in [-0.1, -0.05) is 25.3 Å². The Morgan fingerprint density at radius 2 is 1.24 bits per heavy atom. The molecule has 1 saturated heterocycles. The summed E-state index contributed by atoms with van der Waals surface area (Å²) in [4.78, 5) is 26.2. The molecule has 0 saturated carbocycles. The highest BCUT2D eigenvalue weighted by atomic mass is 16.6. The Balaban J connectivity index is 0.000000390. The fourth-order valence-corrected chi connectivity index (χ4v) is 4.91. The van der Waals surface area contributed by atoms with E-state index in [1.807, 2.05) is 12.1 Å². The molecule has 0 atom stereocenters. The summed E-state index contributed by atoms with van der Waals surface area (Å²) in [6, 6.07) is 15.9. The van der Waals surface area contributed by atoms with Gasteiger partial charge in [-0.3, -0.25) is 9.59 Å². The quantitative estimate of drug-likeness (QED) is 0.313. The number of ether oxygens (including phenoxy) is 6. The average Bonchev–Trinajstić information content (AvgIpc) is 3.39. The van der Waals surface area contributed by atoms with Crippen molar-refractivity contribution in [3.63, 3.8) is 0 Å². The summed E-state index contributed by atoms with van der Waals surface area (Å²) in [5, 5.41) is 7.90. The Bertz CT molecular complexity index is 1780. The van der Waals surface area contributed by atoms with Crippen molar-refractivity contribution in [1.82, 2.24) is 9.78 Å². The zero-order valence-corrected chi connectivity index (χ0v) is 24.5. The number of rotatable bonds is 5. The van der Waals surface area contributed by atoms with E-state index in [0.29, 0.717) is 90.7 Å². The fourth-order valence-electron chi connectivity index (χ4n) is 4.91. The molecule has 3 aliphatic rings. The van der Waals surface area contributed by atoms with Crippen molar-refractivity contribution in [3.8, 4) is 23.0 Å². The number of anilines is 2. The third kappa shape index (κ3) is 6.80. The maximum Gasteiger partial charge on any atom is 0.251 e. The summed E-state index contributed by atoms with van der Waals surface area (Å²) in [5.74, 6) is 3.38. The molecule has 1 aromatic heterocycles. The molecule has 0 unspecified atom stereocenters. The number of fused-ring (bicyclic) bond motifs is 3. The minimum absolute atomic E-state index is 0.0762. The van der Waals surface area contributed by atoms with Gasteiger partial charge in [-0.25, -0.2) is 0 Å². The predicted octanol–water partition coefficient (Wildman–Crippen LogP) is 4.29. The highest BCUT2D eigenvalue weighted by Gasteiger charge is 2.20. The van der Waals surface area contributed by atoms with E-state index >= 15 is 0 Å². The second kappa shape index (κ2) is 12.9. The van der Waals surface area contributed by atoms with E-state index in [4.69, 9.17) is 34.2 Å². The highest BCUT2D eigenvalue weighted by Crippen LogP contribution is 2.33. The SMILES string of the molecule is C=C1OCCOC1=C.Nc1ccc2c(NC(=O)Cc3ccc4c(c3)OCCO4)nn(C(=O)Cc3ccc4c(c3)OCCO4)c2c1. The van der Waals surface area contributed by atoms with Crippen LogP contribution in [0.25, 0.3) is 10.9 Å². The predicted molar refractivity (Wildman–Crippen MR) is 166 cm³/mol. The molecular formula is C33H32N4O8. The second-order valence-corrected chi connectivity index (χ2v) is 10.3. The number of hydrogen-bond donors (Lipinski definition) is 2. The fraction of sp³-hybridized carbons (Fsp3) is 0.242. The zero-order chi connectivity index (χ0) is 31.3. The van der Waals surface area contributed by atoms with Crippen molar-refractivity contribution >= 4 is 34.2 Å². The number of carbonyl (C=O) groups is 2. The van der Waals surface area contributed by atoms with Crippen LogP contribution in [0, 0.1) is 0 Å². The Labute approximate surface area is 258 Å². The molecule has 1 amide bonds. The van der Waals surface area contributed by atoms with Gasteiger partial charge in [0, 0.05) is 11.1 Å². The number of nitrogens with two attached hydrogens (primary N) is 1. The first-order valence-electron chi connectivity index (χ1n) is 14.4. The van der Waals surface area contributed by atoms with Crippen LogP contribution in [0.2, 0.25) is 0 Å². The van der Waals surface area contributed by atoms with Gasteiger partial charge in [0.1, 0.15) is 39.6 Å². The molecule has 12 nitrogen and oxygen atoms in total. The Kier molecular flexibility index (Phi) is 8.45. The van der Waals surface area contributed by atoms with Crippen LogP contribution in [0.15, 0.2) is 79.3 Å². The normalized spacial score (nSPS) is 14.8. The lowest BCUT2D eigenvalue weighted by Gasteiger charge is -2.18. The Hall–Kier alpha value is -5.65. The first-order chi connectivity index (χ1) is 21.8. The molecule has 232 valence electrons. The van der Waals surface area contributed by atoms with E-state index in [9.17, 15) is 9.59 Å². The number of amides is 1. The lowest BCUT2D eigenvalue weighted by molar-refractivity contribution is -0.115. The van der Waals surface area contributed by atoms with Crippen LogP contribution >= 0.6 is 0 Å². The van der Waals surface area contributed by atoms with E-state index in [1.165, 1.54) is 4.68 Å². The van der Waals surface area contributed by atoms with E-state index in [2.05, 4.69) is 23.6 Å². The van der Waals surface area contributed by atoms with Gasteiger partial charge in [0.05, 0.1) is 18.4 Å². The maximum absolute atomic E-state index is 13.3. The van der Waals surface area contributed by atoms with Crippen molar-refractivity contribution in [1.29, 1.82) is 0 Å². The van der Waals surface area contributed by atoms with Crippen molar-refractivity contribution in [3.05, 3.63) is 90.4 Å². The number of carbonyl (C=O) groups excluding carboxylic acids is 2. The third-order valence-electron chi connectivity index (χ3n) is 7.08. The minimum atomic E-state index is -0.278. The van der Waals surface area contributed by atoms with Crippen LogP contribution < -0.4 is 30.0 Å². The first kappa shape index (κ1) is 29.4. The van der Waals surface area contributed by atoms with Gasteiger partial charge in [0.25, 0.3) is 5.91 Å². The highest BCUT2D eigenvalue weighted by molar-refractivity contribution is 6.04. The van der Waals surface area contributed by atoms with E-state index < -0.39 is 0 Å². The number of aromatic nitrogens is 2. The van der Waals surface area contributed by atoms with E-state index in [0.717, 1.165) is 11.1 Å². The van der Waals surface area contributed by atoms with Gasteiger partial charge in [-0.05, 0) is 53.6 Å². The van der Waals surface area contributed by atoms with Crippen LogP contribution in [0.5, 0.6) is 23.0 Å². The number of nitrogen functional groups attached to an aromatic ring is 1. The summed E-state index contributed by atoms with van der Waals surface area (Å²) in [5.41, 5.74) is 8.51. The van der Waals surface area contributed by atoms with Crippen molar-refractivity contribution in [2.75, 3.05) is 50.7 Å². The molecule has 4 heterocycles. The summed E-state index contributed by atoms with van der Waals surface area (Å²) >= 11 is 0. The molecule has 0 bridgehead atoms. The van der Waals surface area contributed by atoms with Crippen molar-refractivity contribution in [2.45, 2.75) is 12.8 Å². The Morgan fingerprint density at radius 1 is 0.711 bits per heavy atom. The number of benzene rings is 3. The first-order valence-corrected chi connectivity index (χ1v) is 14.4. The topological polar surface area (TPSA) is 145 Å². The molecule has 3 aromatic carbocycles. The van der Waals surface area contributed by atoms with Crippen LogP contribution in [0.1, 0.15) is 15.9 Å². The van der Waals surface area contributed by atoms with Gasteiger partial charge in [-0.15, -0.1) is 5.10 Å². The number of hydrogen-bond acceptors (Lipinski definition) is 10. The van der Waals surface area contributed by atoms with Gasteiger partial charge in [0.2, 0.25) is 5.91 Å². The summed E-state index contributed by atoms with van der Waals surface area (Å²) in [6.45, 7) is 10.2. The largest absolute Gasteiger partial charge is 0.487 e. The lowest BCUT2D eigenvalue weighted by atomic mass is 10.1. The molecule has 0 aliphatic carbocycles. The monoisotopic (exact) mass is 612 g/mol. The molecule has 3 aliphatic heterocycles. The molecular weight excluding hydrogens is 580 g/mol. The zero-order valence-electron chi connectivity index (χ0n) is 24.5. The van der Waals surface area contributed by atoms with E-state index in [1.54, 1.807) is 42.5 Å². The third-order valence-corrected chi connectivity index (χ3v) is 7.08. The van der Waals surface area contributed by atoms with Crippen molar-refractivity contribution < 1.29 is 38.0 Å². The minimum Gasteiger partial charge on any atom is -0.487 e. The lowest BCUT2D eigenvalue weighted by Crippen LogP contribution is -2.19. The molecule has 7 rings (SSSR count). The molecule has 12 heteroatoms. The van der Waals surface area contributed by atoms with Gasteiger partial charge in [-0.2, -0.15) is 4.68 Å². The molecule has 1 fully saturated rings. The van der Waals surface area contributed by atoms with Crippen LogP contribution in [0.4, 0.5) is 11.5 Å². The van der Waals surface area contributed by atoms with Gasteiger partial charge in [0.15, 0.2) is 40.3 Å². The molecule has 0 spiro atoms. The summed E-state index contributed by atoms with van der Waals surface area (Å²) in [6.07, 6.45) is 0.178. The average molecular weight is 613 g/mol. The van der Waals surface area contributed by atoms with Crippen molar-refractivity contribution in [2.24, 2.45) is 0 Å². The molecule has 0 radical (unpaired) electrons. The van der Waals surface area contributed by atoms with E-state index in [-0.39, 0.29) is 30.5 Å². The number of nitrogens with one attached hydrogen (secondary N) is 1.